The van der Waals surface area contributed by atoms with E-state index in [1.54, 1.807) is 69.2 Å². The molecule has 1 aromatic heterocycles. The summed E-state index contributed by atoms with van der Waals surface area (Å²) >= 11 is 0. The number of carbonyl (C=O) groups excluding carboxylic acids is 12. The smallest absolute Gasteiger partial charge is 0.329 e. The Morgan fingerprint density at radius 1 is 0.625 bits per heavy atom. The van der Waals surface area contributed by atoms with Gasteiger partial charge in [-0.1, -0.05) is 61.5 Å². The van der Waals surface area contributed by atoms with Gasteiger partial charge in [0.15, 0.2) is 23.0 Å². The van der Waals surface area contributed by atoms with Gasteiger partial charge in [-0.25, -0.2) is 14.6 Å². The third kappa shape index (κ3) is 14.7. The molecule has 0 unspecified atom stereocenters. The Balaban J connectivity index is 1.22. The van der Waals surface area contributed by atoms with Crippen molar-refractivity contribution in [2.24, 2.45) is 23.7 Å². The Kier molecular flexibility index (Phi) is 22.1. The number of aryl methyl sites for hydroxylation is 3. The number of carbonyl (C=O) groups is 13. The Morgan fingerprint density at radius 3 is 1.52 bits per heavy atom. The second-order valence-electron chi connectivity index (χ2n) is 27.0. The summed E-state index contributed by atoms with van der Waals surface area (Å²) in [6.07, 6.45) is -2.39. The van der Waals surface area contributed by atoms with Crippen LogP contribution >= 0.6 is 0 Å². The van der Waals surface area contributed by atoms with Crippen LogP contribution in [-0.2, 0) is 68.6 Å². The van der Waals surface area contributed by atoms with Crippen LogP contribution in [0.4, 0.5) is 11.4 Å². The first-order valence-corrected chi connectivity index (χ1v) is 32.6. The van der Waals surface area contributed by atoms with Gasteiger partial charge in [-0.2, -0.15) is 0 Å². The van der Waals surface area contributed by atoms with Crippen molar-refractivity contribution in [3.05, 3.63) is 40.3 Å². The lowest BCUT2D eigenvalue weighted by molar-refractivity contribution is -0.163. The van der Waals surface area contributed by atoms with E-state index in [1.165, 1.54) is 73.8 Å². The molecule has 10 amide bonds. The summed E-state index contributed by atoms with van der Waals surface area (Å²) < 4.78 is 24.9. The van der Waals surface area contributed by atoms with E-state index < -0.39 is 186 Å². The van der Waals surface area contributed by atoms with Gasteiger partial charge in [-0.05, 0) is 88.7 Å². The SMILES string of the molecule is Cc1ccc(C(=O)N[C@@H]2C(=O)N[C@H](C(C)C)C(=O)N3CCC[C@@H]3C(=O)N(C)CC(=O)N(C)[C@@H](C(C)C)C(=O)O[C@@H]2C)c2c1Oc1c(c(C(=O)N[C@H]3C(=O)N[C@H](C(C)C)C(=O)N4CCC[C@H]4C(=O)N(C)CC(=O)N(C)[C@@H](C(C)C)C(=O)O[C@@H]3C)c3nc(CCC(=O)O)oc3c1C)N2. The lowest BCUT2D eigenvalue weighted by atomic mass is 9.98. The molecule has 5 aliphatic rings. The summed E-state index contributed by atoms with van der Waals surface area (Å²) in [5.41, 5.74) is -0.521. The molecule has 96 heavy (non-hydrogen) atoms. The van der Waals surface area contributed by atoms with E-state index >= 15 is 14.4 Å². The van der Waals surface area contributed by atoms with Crippen LogP contribution < -0.4 is 31.3 Å². The van der Waals surface area contributed by atoms with Crippen molar-refractivity contribution >= 4 is 99.5 Å². The van der Waals surface area contributed by atoms with E-state index in [4.69, 9.17) is 18.6 Å². The van der Waals surface area contributed by atoms with Crippen molar-refractivity contribution < 1.29 is 86.1 Å². The minimum atomic E-state index is -1.87. The summed E-state index contributed by atoms with van der Waals surface area (Å²) in [5, 5.41) is 23.9. The fourth-order valence-electron chi connectivity index (χ4n) is 13.1. The largest absolute Gasteiger partial charge is 0.481 e. The highest BCUT2D eigenvalue weighted by molar-refractivity contribution is 6.15. The Morgan fingerprint density at radius 2 is 1.08 bits per heavy atom. The molecule has 5 aliphatic heterocycles. The van der Waals surface area contributed by atoms with Crippen LogP contribution in [0, 0.1) is 37.5 Å². The molecule has 2 aromatic carbocycles. The average Bonchev–Trinajstić information content (AvgIpc) is 1.25. The Hall–Kier alpha value is -9.38. The molecule has 4 saturated heterocycles. The third-order valence-corrected chi connectivity index (χ3v) is 18.5. The van der Waals surface area contributed by atoms with Crippen molar-refractivity contribution in [1.29, 1.82) is 0 Å². The number of nitrogens with zero attached hydrogens (tertiary/aromatic N) is 7. The standard InChI is InChI=1S/C66H90N12O18/c1-29(2)45-63(89)77-25-17-19-38(77)61(87)73(13)27-41(79)75(15)52(31(5)6)65(91)93-35(11)47(59(85)69-45)71-57(83)37-22-21-33(9)54-49(37)68-51-44(50-55(34(10)56(51)96-54)95-40(67-50)23-24-43(81)82)58(84)72-48-36(12)94-66(92)53(32(7)8)76(16)42(80)28-74(14)62(88)39-20-18-26-78(39)64(90)46(30(3)4)70-60(48)86/h21-22,29-32,35-36,38-39,45-48,52-53,68H,17-20,23-28H2,1-16H3,(H,69,85)(H,70,86)(H,71,83)(H,72,84)(H,81,82)/t35-,36-,38-,39+,45-,46-,47+,48-,52+,53+/m1/s1. The van der Waals surface area contributed by atoms with Crippen molar-refractivity contribution in [3.8, 4) is 11.5 Å². The molecule has 10 atom stereocenters. The first kappa shape index (κ1) is 72.4. The first-order valence-electron chi connectivity index (χ1n) is 32.6. The van der Waals surface area contributed by atoms with Gasteiger partial charge in [0.2, 0.25) is 47.3 Å². The number of hydrogen-bond donors (Lipinski definition) is 6. The molecule has 30 nitrogen and oxygen atoms in total. The van der Waals surface area contributed by atoms with E-state index in [-0.39, 0.29) is 83.3 Å². The number of anilines is 2. The van der Waals surface area contributed by atoms with Crippen LogP contribution in [0.25, 0.3) is 11.1 Å². The van der Waals surface area contributed by atoms with Gasteiger partial charge in [-0.15, -0.1) is 0 Å². The molecule has 0 radical (unpaired) electrons. The number of oxazole rings is 1. The van der Waals surface area contributed by atoms with Crippen molar-refractivity contribution in [1.82, 2.24) is 55.7 Å². The molecular weight excluding hydrogens is 1250 g/mol. The molecule has 6 N–H and O–H groups in total. The highest BCUT2D eigenvalue weighted by Crippen LogP contribution is 2.51. The molecule has 0 saturated carbocycles. The lowest BCUT2D eigenvalue weighted by Crippen LogP contribution is -2.61. The molecule has 30 heteroatoms. The second-order valence-corrected chi connectivity index (χ2v) is 27.0. The summed E-state index contributed by atoms with van der Waals surface area (Å²) in [4.78, 5) is 199. The number of hydrogen-bond acceptors (Lipinski definition) is 19. The summed E-state index contributed by atoms with van der Waals surface area (Å²) in [7, 11) is 5.60. The van der Waals surface area contributed by atoms with Crippen molar-refractivity contribution in [3.63, 3.8) is 0 Å². The second kappa shape index (κ2) is 29.3. The zero-order valence-corrected chi connectivity index (χ0v) is 57.3. The van der Waals surface area contributed by atoms with Crippen LogP contribution in [0.15, 0.2) is 16.5 Å². The fourth-order valence-corrected chi connectivity index (χ4v) is 13.1. The van der Waals surface area contributed by atoms with E-state index in [1.807, 2.05) is 0 Å². The molecule has 0 spiro atoms. The molecule has 522 valence electrons. The number of amides is 10. The lowest BCUT2D eigenvalue weighted by Gasteiger charge is -2.36. The van der Waals surface area contributed by atoms with E-state index in [9.17, 15) is 53.1 Å². The number of benzene rings is 2. The van der Waals surface area contributed by atoms with Gasteiger partial charge in [0.25, 0.3) is 11.8 Å². The maximum atomic E-state index is 15.8. The topological polar surface area (TPSA) is 375 Å². The predicted molar refractivity (Wildman–Crippen MR) is 344 cm³/mol. The number of esters is 2. The molecule has 6 heterocycles. The Bertz CT molecular complexity index is 3640. The van der Waals surface area contributed by atoms with Crippen LogP contribution in [0.1, 0.15) is 139 Å². The van der Waals surface area contributed by atoms with Crippen LogP contribution in [0.5, 0.6) is 11.5 Å². The first-order chi connectivity index (χ1) is 45.1. The van der Waals surface area contributed by atoms with Gasteiger partial charge in [-0.3, -0.25) is 52.7 Å². The Labute approximate surface area is 556 Å². The third-order valence-electron chi connectivity index (χ3n) is 18.5. The van der Waals surface area contributed by atoms with Gasteiger partial charge in [0.05, 0.1) is 42.0 Å². The number of likely N-dealkylation sites (N-methyl/N-ethyl adjacent to an activating group) is 4. The number of cyclic esters (lactones) is 2. The summed E-state index contributed by atoms with van der Waals surface area (Å²) in [5.74, 6) is -13.3. The molecule has 8 rings (SSSR count). The molecule has 4 fully saturated rings. The monoisotopic (exact) mass is 1340 g/mol. The fraction of sp³-hybridized carbons (Fsp3) is 0.606. The number of aliphatic carboxylic acids is 1. The van der Waals surface area contributed by atoms with E-state index in [2.05, 4.69) is 31.6 Å². The zero-order valence-electron chi connectivity index (χ0n) is 57.3. The maximum Gasteiger partial charge on any atom is 0.329 e. The normalized spacial score (nSPS) is 25.5. The van der Waals surface area contributed by atoms with E-state index in [0.29, 0.717) is 18.4 Å². The van der Waals surface area contributed by atoms with Gasteiger partial charge >= 0.3 is 17.9 Å². The summed E-state index contributed by atoms with van der Waals surface area (Å²) in [6.45, 7) is 18.7. The summed E-state index contributed by atoms with van der Waals surface area (Å²) in [6, 6.07) is -7.83. The maximum absolute atomic E-state index is 15.8. The zero-order chi connectivity index (χ0) is 71.0. The highest BCUT2D eigenvalue weighted by Gasteiger charge is 2.47. The number of rotatable bonds is 11. The number of carboxylic acids is 1. The quantitative estimate of drug-likeness (QED) is 0.118. The predicted octanol–water partition coefficient (Wildman–Crippen LogP) is 2.54. The number of fused-ring (bicyclic) bond motifs is 5. The van der Waals surface area contributed by atoms with Gasteiger partial charge in [0, 0.05) is 53.3 Å². The molecular formula is C66H90N12O18. The van der Waals surface area contributed by atoms with Gasteiger partial charge in [0.1, 0.15) is 66.1 Å². The minimum absolute atomic E-state index is 0.0217. The van der Waals surface area contributed by atoms with Crippen LogP contribution in [-0.4, -0.2) is 231 Å². The number of ether oxygens (including phenoxy) is 3. The number of aromatic nitrogens is 1. The van der Waals surface area contributed by atoms with E-state index in [0.717, 1.165) is 9.80 Å². The highest BCUT2D eigenvalue weighted by atomic mass is 16.6. The van der Waals surface area contributed by atoms with Crippen molar-refractivity contribution in [2.45, 2.75) is 182 Å². The number of carboxylic acid groups (broad SMARTS) is 1. The molecule has 0 bridgehead atoms. The molecule has 3 aromatic rings. The van der Waals surface area contributed by atoms with Crippen molar-refractivity contribution in [2.75, 3.05) is 59.7 Å². The number of nitrogens with one attached hydrogen (secondary N) is 5. The van der Waals surface area contributed by atoms with Gasteiger partial charge < -0.3 is 79.7 Å². The minimum Gasteiger partial charge on any atom is -0.481 e. The van der Waals surface area contributed by atoms with Crippen LogP contribution in [0.2, 0.25) is 0 Å². The molecule has 0 aliphatic carbocycles. The van der Waals surface area contributed by atoms with Crippen LogP contribution in [0.3, 0.4) is 0 Å². The average molecular weight is 1340 g/mol.